The van der Waals surface area contributed by atoms with Crippen LogP contribution in [0.3, 0.4) is 0 Å². The third kappa shape index (κ3) is 7.72. The molecule has 0 amide bonds. The van der Waals surface area contributed by atoms with Crippen molar-refractivity contribution >= 4 is 8.80 Å². The van der Waals surface area contributed by atoms with Crippen LogP contribution in [0.1, 0.15) is 51.9 Å². The normalized spacial score (nSPS) is 20.1. The SMILES string of the molecule is CCCCCCC[Si@H]1CC[C@H](COc2cc(F)c(OC(F)F)c(F)c2)CC1. The van der Waals surface area contributed by atoms with Gasteiger partial charge in [0.25, 0.3) is 0 Å². The molecule has 0 saturated carbocycles. The molecule has 1 saturated heterocycles. The Morgan fingerprint density at radius 1 is 1.04 bits per heavy atom. The van der Waals surface area contributed by atoms with Crippen molar-refractivity contribution in [1.82, 2.24) is 0 Å². The maximum atomic E-state index is 13.7. The fraction of sp³-hybridized carbons (Fsp3) is 0.700. The number of unbranched alkanes of at least 4 members (excludes halogenated alkanes) is 4. The molecule has 154 valence electrons. The van der Waals surface area contributed by atoms with Crippen LogP contribution in [0.5, 0.6) is 11.5 Å². The molecule has 2 nitrogen and oxygen atoms in total. The molecule has 0 radical (unpaired) electrons. The highest BCUT2D eigenvalue weighted by molar-refractivity contribution is 6.58. The van der Waals surface area contributed by atoms with Crippen molar-refractivity contribution in [2.24, 2.45) is 5.92 Å². The van der Waals surface area contributed by atoms with E-state index in [0.29, 0.717) is 12.5 Å². The summed E-state index contributed by atoms with van der Waals surface area (Å²) in [5.74, 6) is -3.00. The van der Waals surface area contributed by atoms with Crippen LogP contribution >= 0.6 is 0 Å². The van der Waals surface area contributed by atoms with Gasteiger partial charge in [-0.3, -0.25) is 0 Å². The molecule has 1 heterocycles. The predicted molar refractivity (Wildman–Crippen MR) is 102 cm³/mol. The second kappa shape index (κ2) is 11.6. The van der Waals surface area contributed by atoms with Gasteiger partial charge in [0, 0.05) is 20.9 Å². The van der Waals surface area contributed by atoms with Crippen LogP contribution in [-0.2, 0) is 0 Å². The standard InChI is InChI=1S/C20H30F4O2Si/c1-2-3-4-5-6-9-27-10-7-15(8-11-27)14-25-16-12-17(21)19(18(22)13-16)26-20(23)24/h12-13,15,20,27H,2-11,14H2,1H3/t15-,27-. The lowest BCUT2D eigenvalue weighted by molar-refractivity contribution is -0.0547. The molecule has 1 aliphatic heterocycles. The molecule has 2 rings (SSSR count). The van der Waals surface area contributed by atoms with Gasteiger partial charge in [0.2, 0.25) is 0 Å². The summed E-state index contributed by atoms with van der Waals surface area (Å²) in [6.45, 7) is -0.635. The minimum absolute atomic E-state index is 0.0157. The van der Waals surface area contributed by atoms with Gasteiger partial charge in [0.1, 0.15) is 5.75 Å². The Bertz CT molecular complexity index is 540. The fourth-order valence-corrected chi connectivity index (χ4v) is 7.38. The molecule has 0 aromatic heterocycles. The molecule has 0 bridgehead atoms. The van der Waals surface area contributed by atoms with E-state index >= 15 is 0 Å². The van der Waals surface area contributed by atoms with Crippen molar-refractivity contribution in [2.75, 3.05) is 6.61 Å². The Morgan fingerprint density at radius 3 is 2.26 bits per heavy atom. The summed E-state index contributed by atoms with van der Waals surface area (Å²) in [5.41, 5.74) is 0. The molecular formula is C20H30F4O2Si. The first-order valence-electron chi connectivity index (χ1n) is 10.1. The molecule has 1 fully saturated rings. The maximum absolute atomic E-state index is 13.7. The Labute approximate surface area is 160 Å². The van der Waals surface area contributed by atoms with Crippen molar-refractivity contribution in [3.63, 3.8) is 0 Å². The van der Waals surface area contributed by atoms with Gasteiger partial charge in [0.15, 0.2) is 17.4 Å². The average molecular weight is 407 g/mol. The summed E-state index contributed by atoms with van der Waals surface area (Å²) in [4.78, 5) is 0. The smallest absolute Gasteiger partial charge is 0.387 e. The van der Waals surface area contributed by atoms with Crippen LogP contribution in [0, 0.1) is 17.6 Å². The summed E-state index contributed by atoms with van der Waals surface area (Å²) in [5, 5.41) is 0. The summed E-state index contributed by atoms with van der Waals surface area (Å²) in [6, 6.07) is 5.85. The minimum atomic E-state index is -3.27. The summed E-state index contributed by atoms with van der Waals surface area (Å²) >= 11 is 0. The molecule has 1 aromatic rings. The van der Waals surface area contributed by atoms with E-state index in [2.05, 4.69) is 11.7 Å². The number of hydrogen-bond acceptors (Lipinski definition) is 2. The molecule has 7 heteroatoms. The molecule has 1 aromatic carbocycles. The third-order valence-electron chi connectivity index (χ3n) is 5.35. The van der Waals surface area contributed by atoms with Gasteiger partial charge in [-0.25, -0.2) is 8.78 Å². The molecular weight excluding hydrogens is 376 g/mol. The van der Waals surface area contributed by atoms with Gasteiger partial charge in [-0.1, -0.05) is 57.2 Å². The van der Waals surface area contributed by atoms with E-state index in [-0.39, 0.29) is 5.75 Å². The fourth-order valence-electron chi connectivity index (χ4n) is 3.76. The quantitative estimate of drug-likeness (QED) is 0.236. The highest BCUT2D eigenvalue weighted by Crippen LogP contribution is 2.31. The van der Waals surface area contributed by atoms with Crippen LogP contribution in [0.4, 0.5) is 17.6 Å². The number of benzene rings is 1. The van der Waals surface area contributed by atoms with Crippen LogP contribution in [0.2, 0.25) is 18.1 Å². The van der Waals surface area contributed by atoms with E-state index in [0.717, 1.165) is 25.0 Å². The number of alkyl halides is 2. The van der Waals surface area contributed by atoms with Crippen LogP contribution < -0.4 is 9.47 Å². The summed E-state index contributed by atoms with van der Waals surface area (Å²) in [6.07, 6.45) is 8.91. The number of hydrogen-bond donors (Lipinski definition) is 0. The monoisotopic (exact) mass is 406 g/mol. The van der Waals surface area contributed by atoms with E-state index in [1.54, 1.807) is 0 Å². The number of halogens is 4. The Morgan fingerprint density at radius 2 is 1.67 bits per heavy atom. The van der Waals surface area contributed by atoms with Gasteiger partial charge in [0.05, 0.1) is 6.61 Å². The topological polar surface area (TPSA) is 18.5 Å². The molecule has 0 unspecified atom stereocenters. The zero-order valence-electron chi connectivity index (χ0n) is 16.0. The summed E-state index contributed by atoms with van der Waals surface area (Å²) < 4.78 is 61.1. The molecule has 0 aliphatic carbocycles. The molecule has 0 N–H and O–H groups in total. The van der Waals surface area contributed by atoms with Crippen molar-refractivity contribution in [3.05, 3.63) is 23.8 Å². The van der Waals surface area contributed by atoms with Crippen molar-refractivity contribution in [3.8, 4) is 11.5 Å². The van der Waals surface area contributed by atoms with E-state index < -0.39 is 32.8 Å². The lowest BCUT2D eigenvalue weighted by atomic mass is 10.0. The van der Waals surface area contributed by atoms with Gasteiger partial charge >= 0.3 is 6.61 Å². The van der Waals surface area contributed by atoms with Crippen molar-refractivity contribution in [1.29, 1.82) is 0 Å². The zero-order chi connectivity index (χ0) is 19.6. The first-order chi connectivity index (χ1) is 13.0. The molecule has 0 atom stereocenters. The molecule has 0 spiro atoms. The Balaban J connectivity index is 1.70. The van der Waals surface area contributed by atoms with Crippen LogP contribution in [-0.4, -0.2) is 22.0 Å². The highest BCUT2D eigenvalue weighted by atomic mass is 28.3. The van der Waals surface area contributed by atoms with Crippen molar-refractivity contribution in [2.45, 2.75) is 76.6 Å². The summed E-state index contributed by atoms with van der Waals surface area (Å²) in [7, 11) is -0.615. The number of rotatable bonds is 11. The van der Waals surface area contributed by atoms with E-state index in [4.69, 9.17) is 4.74 Å². The van der Waals surface area contributed by atoms with Gasteiger partial charge in [-0.15, -0.1) is 0 Å². The van der Waals surface area contributed by atoms with E-state index in [9.17, 15) is 17.6 Å². The van der Waals surface area contributed by atoms with Crippen LogP contribution in [0.25, 0.3) is 0 Å². The van der Waals surface area contributed by atoms with E-state index in [1.807, 2.05) is 0 Å². The average Bonchev–Trinajstić information content (AvgIpc) is 2.63. The lowest BCUT2D eigenvalue weighted by Crippen LogP contribution is -2.24. The van der Waals surface area contributed by atoms with Gasteiger partial charge < -0.3 is 9.47 Å². The minimum Gasteiger partial charge on any atom is -0.493 e. The second-order valence-electron chi connectivity index (χ2n) is 7.50. The highest BCUT2D eigenvalue weighted by Gasteiger charge is 2.23. The predicted octanol–water partition coefficient (Wildman–Crippen LogP) is 6.55. The Hall–Kier alpha value is -1.24. The van der Waals surface area contributed by atoms with Gasteiger partial charge in [-0.05, 0) is 18.8 Å². The zero-order valence-corrected chi connectivity index (χ0v) is 17.1. The first-order valence-corrected chi connectivity index (χ1v) is 12.5. The molecule has 27 heavy (non-hydrogen) atoms. The second-order valence-corrected chi connectivity index (χ2v) is 11.0. The maximum Gasteiger partial charge on any atom is 0.387 e. The van der Waals surface area contributed by atoms with Crippen LogP contribution in [0.15, 0.2) is 12.1 Å². The van der Waals surface area contributed by atoms with Crippen molar-refractivity contribution < 1.29 is 27.0 Å². The first kappa shape index (κ1) is 22.1. The lowest BCUT2D eigenvalue weighted by Gasteiger charge is -2.27. The Kier molecular flexibility index (Phi) is 9.45. The van der Waals surface area contributed by atoms with E-state index in [1.165, 1.54) is 50.2 Å². The largest absolute Gasteiger partial charge is 0.493 e. The number of ether oxygens (including phenoxy) is 2. The molecule has 1 aliphatic rings. The van der Waals surface area contributed by atoms with Gasteiger partial charge in [-0.2, -0.15) is 8.78 Å². The third-order valence-corrected chi connectivity index (χ3v) is 8.87.